The Kier molecular flexibility index (Phi) is 7.07. The van der Waals surface area contributed by atoms with Gasteiger partial charge in [0, 0.05) is 40.0 Å². The van der Waals surface area contributed by atoms with Gasteiger partial charge in [0.15, 0.2) is 34.9 Å². The Labute approximate surface area is 265 Å². The summed E-state index contributed by atoms with van der Waals surface area (Å²) in [6.45, 7) is 2.39. The molecule has 3 saturated carbocycles. The van der Waals surface area contributed by atoms with E-state index in [0.29, 0.717) is 16.8 Å². The molecule has 4 aliphatic carbocycles. The molecule has 1 aliphatic heterocycles. The molecule has 4 fully saturated rings. The number of aliphatic hydroxyl groups excluding tert-OH is 2. The van der Waals surface area contributed by atoms with Crippen LogP contribution in [-0.2, 0) is 25.5 Å². The summed E-state index contributed by atoms with van der Waals surface area (Å²) in [6, 6.07) is 13.8. The Morgan fingerprint density at radius 3 is 2.52 bits per heavy atom. The zero-order valence-electron chi connectivity index (χ0n) is 25.6. The third-order valence-corrected chi connectivity index (χ3v) is 11.7. The van der Waals surface area contributed by atoms with E-state index in [4.69, 9.17) is 15.2 Å². The smallest absolute Gasteiger partial charge is 0.193 e. The summed E-state index contributed by atoms with van der Waals surface area (Å²) in [7, 11) is 0. The Bertz CT molecular complexity index is 1690. The second-order valence-corrected chi connectivity index (χ2v) is 14.0. The Morgan fingerprint density at radius 1 is 1.09 bits per heavy atom. The molecule has 0 aromatic heterocycles. The van der Waals surface area contributed by atoms with Crippen LogP contribution in [0.15, 0.2) is 72.3 Å². The third kappa shape index (κ3) is 4.06. The van der Waals surface area contributed by atoms with Crippen LogP contribution in [0.2, 0.25) is 0 Å². The van der Waals surface area contributed by atoms with E-state index in [1.807, 2.05) is 6.07 Å². The number of hydrogen-bond donors (Lipinski definition) is 3. The second kappa shape index (κ2) is 10.5. The van der Waals surface area contributed by atoms with E-state index in [1.165, 1.54) is 19.1 Å². The molecule has 1 saturated heterocycles. The quantitative estimate of drug-likeness (QED) is 0.316. The Balaban J connectivity index is 1.19. The summed E-state index contributed by atoms with van der Waals surface area (Å²) in [5.41, 5.74) is 1.38. The number of halogens is 2. The Hall–Kier alpha value is -3.57. The van der Waals surface area contributed by atoms with Gasteiger partial charge in [-0.25, -0.2) is 8.78 Å². The molecule has 2 aromatic carbocycles. The summed E-state index contributed by atoms with van der Waals surface area (Å²) in [5, 5.41) is 21.8. The van der Waals surface area contributed by atoms with Gasteiger partial charge in [-0.1, -0.05) is 49.4 Å². The number of nitrogen functional groups attached to an aromatic ring is 1. The first-order valence-electron chi connectivity index (χ1n) is 15.7. The summed E-state index contributed by atoms with van der Waals surface area (Å²) < 4.78 is 46.2. The number of ketones is 3. The summed E-state index contributed by atoms with van der Waals surface area (Å²) in [5.74, 6) is -2.86. The highest BCUT2D eigenvalue weighted by atomic mass is 19.1. The monoisotopic (exact) mass is 633 g/mol. The average molecular weight is 634 g/mol. The molecule has 0 amide bonds. The van der Waals surface area contributed by atoms with Crippen LogP contribution in [0.25, 0.3) is 0 Å². The fraction of sp³-hybridized carbons (Fsp3) is 0.472. The molecule has 0 radical (unpaired) electrons. The standard InChI is InChI=1S/C36H37F2NO7/c1-33-11-10-23(41)14-26(33)27(37)15-25-24-16-31-36(30(44)18-40,34(24,2)17-29(43)35(25,33)38)46-32(45-31)21-8-6-20(7-9-21)28(42)13-19-4-3-5-22(39)12-19/h3-12,14,24-25,27,29,31-32,40,43H,13,15-18,39H2,1-2H3/t24-,25-,27-,29-,31+,32-,33-,34-,35-,36+/m0/s1. The van der Waals surface area contributed by atoms with E-state index in [1.54, 1.807) is 49.4 Å². The van der Waals surface area contributed by atoms with Crippen LogP contribution in [0.4, 0.5) is 14.5 Å². The molecule has 4 N–H and O–H groups in total. The van der Waals surface area contributed by atoms with Crippen molar-refractivity contribution in [1.29, 1.82) is 0 Å². The molecule has 5 aliphatic rings. The number of Topliss-reactive ketones (excluding diaryl/α,β-unsaturated/α-hetero) is 2. The third-order valence-electron chi connectivity index (χ3n) is 11.7. The van der Waals surface area contributed by atoms with Gasteiger partial charge >= 0.3 is 0 Å². The minimum atomic E-state index is -2.32. The number of benzene rings is 2. The number of allylic oxidation sites excluding steroid dienone is 4. The maximum absolute atomic E-state index is 17.6. The molecular formula is C36H37F2NO7. The minimum absolute atomic E-state index is 0.0168. The molecule has 0 spiro atoms. The molecule has 242 valence electrons. The van der Waals surface area contributed by atoms with Crippen molar-refractivity contribution in [2.45, 2.75) is 75.5 Å². The molecular weight excluding hydrogens is 596 g/mol. The SMILES string of the molecule is C[C@]12C=CC(=O)C=C1[C@@H](F)C[C@H]1[C@@H]3C[C@H]4O[C@H](c5ccc(C(=O)Cc6cccc(N)c6)cc5)O[C@@]4(C(=O)CO)[C@@]3(C)C[C@H](O)[C@@]12F. The van der Waals surface area contributed by atoms with E-state index in [9.17, 15) is 24.6 Å². The fourth-order valence-corrected chi connectivity index (χ4v) is 9.53. The van der Waals surface area contributed by atoms with Crippen molar-refractivity contribution in [2.75, 3.05) is 12.3 Å². The van der Waals surface area contributed by atoms with Crippen molar-refractivity contribution < 1.29 is 42.9 Å². The van der Waals surface area contributed by atoms with Crippen LogP contribution in [0.3, 0.4) is 0 Å². The molecule has 10 atom stereocenters. The summed E-state index contributed by atoms with van der Waals surface area (Å²) in [6.07, 6.45) is -1.65. The number of carbonyl (C=O) groups excluding carboxylic acids is 3. The zero-order chi connectivity index (χ0) is 32.8. The van der Waals surface area contributed by atoms with Crippen LogP contribution in [0.5, 0.6) is 0 Å². The largest absolute Gasteiger partial charge is 0.399 e. The van der Waals surface area contributed by atoms with Gasteiger partial charge in [-0.05, 0) is 67.5 Å². The van der Waals surface area contributed by atoms with Gasteiger partial charge in [-0.2, -0.15) is 0 Å². The molecule has 2 aromatic rings. The lowest BCUT2D eigenvalue weighted by atomic mass is 9.44. The highest BCUT2D eigenvalue weighted by molar-refractivity contribution is 6.01. The second-order valence-electron chi connectivity index (χ2n) is 14.0. The Morgan fingerprint density at radius 2 is 1.83 bits per heavy atom. The summed E-state index contributed by atoms with van der Waals surface area (Å²) in [4.78, 5) is 38.8. The molecule has 7 rings (SSSR count). The van der Waals surface area contributed by atoms with Crippen molar-refractivity contribution in [2.24, 2.45) is 22.7 Å². The summed E-state index contributed by atoms with van der Waals surface area (Å²) >= 11 is 0. The van der Waals surface area contributed by atoms with Gasteiger partial charge in [0.2, 0.25) is 0 Å². The minimum Gasteiger partial charge on any atom is -0.399 e. The van der Waals surface area contributed by atoms with E-state index in [-0.39, 0.29) is 37.0 Å². The van der Waals surface area contributed by atoms with Crippen LogP contribution in [-0.4, -0.2) is 63.8 Å². The molecule has 10 heteroatoms. The van der Waals surface area contributed by atoms with Gasteiger partial charge in [-0.3, -0.25) is 14.4 Å². The predicted octanol–water partition coefficient (Wildman–Crippen LogP) is 4.34. The number of rotatable bonds is 6. The fourth-order valence-electron chi connectivity index (χ4n) is 9.53. The lowest BCUT2D eigenvalue weighted by Gasteiger charge is -2.63. The zero-order valence-corrected chi connectivity index (χ0v) is 25.6. The predicted molar refractivity (Wildman–Crippen MR) is 163 cm³/mol. The molecule has 0 bridgehead atoms. The number of aliphatic hydroxyl groups is 2. The van der Waals surface area contributed by atoms with E-state index in [0.717, 1.165) is 11.6 Å². The van der Waals surface area contributed by atoms with Crippen molar-refractivity contribution >= 4 is 23.0 Å². The molecule has 46 heavy (non-hydrogen) atoms. The highest BCUT2D eigenvalue weighted by Gasteiger charge is 2.80. The van der Waals surface area contributed by atoms with Gasteiger partial charge < -0.3 is 25.4 Å². The number of anilines is 1. The van der Waals surface area contributed by atoms with E-state index < -0.39 is 76.8 Å². The van der Waals surface area contributed by atoms with E-state index in [2.05, 4.69) is 0 Å². The van der Waals surface area contributed by atoms with Crippen LogP contribution in [0.1, 0.15) is 60.9 Å². The number of carbonyl (C=O) groups is 3. The lowest BCUT2D eigenvalue weighted by molar-refractivity contribution is -0.235. The van der Waals surface area contributed by atoms with Crippen LogP contribution in [0, 0.1) is 22.7 Å². The van der Waals surface area contributed by atoms with Gasteiger partial charge in [-0.15, -0.1) is 0 Å². The van der Waals surface area contributed by atoms with Crippen LogP contribution < -0.4 is 5.73 Å². The van der Waals surface area contributed by atoms with E-state index >= 15 is 8.78 Å². The number of hydrogen-bond acceptors (Lipinski definition) is 8. The topological polar surface area (TPSA) is 136 Å². The number of nitrogens with two attached hydrogens (primary N) is 1. The number of alkyl halides is 2. The van der Waals surface area contributed by atoms with Crippen molar-refractivity contribution in [1.82, 2.24) is 0 Å². The van der Waals surface area contributed by atoms with Crippen molar-refractivity contribution in [3.05, 3.63) is 89.0 Å². The number of fused-ring (bicyclic) bond motifs is 7. The van der Waals surface area contributed by atoms with Crippen LogP contribution >= 0.6 is 0 Å². The van der Waals surface area contributed by atoms with Crippen molar-refractivity contribution in [3.8, 4) is 0 Å². The van der Waals surface area contributed by atoms with Gasteiger partial charge in [0.25, 0.3) is 0 Å². The normalized spacial score (nSPS) is 40.8. The highest BCUT2D eigenvalue weighted by Crippen LogP contribution is 2.72. The lowest BCUT2D eigenvalue weighted by Crippen LogP contribution is -2.70. The van der Waals surface area contributed by atoms with Crippen molar-refractivity contribution in [3.63, 3.8) is 0 Å². The molecule has 0 unspecified atom stereocenters. The first-order chi connectivity index (χ1) is 21.8. The first kappa shape index (κ1) is 31.1. The first-order valence-corrected chi connectivity index (χ1v) is 15.7. The van der Waals surface area contributed by atoms with Gasteiger partial charge in [0.05, 0.1) is 12.2 Å². The maximum atomic E-state index is 17.6. The average Bonchev–Trinajstić information content (AvgIpc) is 3.52. The molecule has 8 nitrogen and oxygen atoms in total. The number of ether oxygens (including phenoxy) is 2. The maximum Gasteiger partial charge on any atom is 0.193 e. The molecule has 1 heterocycles. The van der Waals surface area contributed by atoms with Gasteiger partial charge in [0.1, 0.15) is 12.8 Å².